The lowest BCUT2D eigenvalue weighted by molar-refractivity contribution is -0.188. The van der Waals surface area contributed by atoms with Crippen molar-refractivity contribution in [1.82, 2.24) is 24.6 Å². The first kappa shape index (κ1) is 38.3. The molecule has 0 radical (unpaired) electrons. The van der Waals surface area contributed by atoms with Crippen LogP contribution in [0.1, 0.15) is 86.4 Å². The topological polar surface area (TPSA) is 138 Å². The number of H-pyrrole nitrogens is 1. The molecule has 3 aliphatic rings. The van der Waals surface area contributed by atoms with Gasteiger partial charge in [-0.3, -0.25) is 14.3 Å². The second kappa shape index (κ2) is 15.7. The van der Waals surface area contributed by atoms with E-state index in [1.54, 1.807) is 6.33 Å². The van der Waals surface area contributed by atoms with Gasteiger partial charge >= 0.3 is 0 Å². The fraction of sp³-hybridized carbons (Fsp3) is 0.452. The molecule has 1 saturated carbocycles. The fourth-order valence-corrected chi connectivity index (χ4v) is 13.7. The second-order valence-corrected chi connectivity index (χ2v) is 20.4. The number of ether oxygens (including phenoxy) is 2. The van der Waals surface area contributed by atoms with Crippen molar-refractivity contribution >= 4 is 35.6 Å². The number of hydrogen-bond donors (Lipinski definition) is 3. The third kappa shape index (κ3) is 7.88. The Kier molecular flexibility index (Phi) is 10.9. The monoisotopic (exact) mass is 782 g/mol. The number of nitrogens with zero attached hydrogens (tertiary/aromatic N) is 3. The summed E-state index contributed by atoms with van der Waals surface area (Å²) in [6.45, 7) is 9.62. The van der Waals surface area contributed by atoms with Gasteiger partial charge in [-0.1, -0.05) is 123 Å². The first-order chi connectivity index (χ1) is 26.5. The maximum absolute atomic E-state index is 14.6. The molecule has 55 heavy (non-hydrogen) atoms. The molecule has 4 heterocycles. The molecule has 3 fully saturated rings. The Labute approximate surface area is 327 Å². The number of benzene rings is 3. The van der Waals surface area contributed by atoms with Gasteiger partial charge in [0.25, 0.3) is 5.56 Å². The van der Waals surface area contributed by atoms with Gasteiger partial charge in [0.2, 0.25) is 13.0 Å². The number of imidazole rings is 1. The predicted molar refractivity (Wildman–Crippen MR) is 218 cm³/mol. The maximum Gasteiger partial charge on any atom is 0.280 e. The van der Waals surface area contributed by atoms with Crippen LogP contribution in [0.4, 0.5) is 5.95 Å². The van der Waals surface area contributed by atoms with E-state index < -0.39 is 31.0 Å². The smallest absolute Gasteiger partial charge is 0.280 e. The van der Waals surface area contributed by atoms with Gasteiger partial charge in [-0.05, 0) is 49.3 Å². The van der Waals surface area contributed by atoms with E-state index >= 15 is 0 Å². The molecule has 4 atom stereocenters. The van der Waals surface area contributed by atoms with E-state index in [-0.39, 0.29) is 22.4 Å². The summed E-state index contributed by atoms with van der Waals surface area (Å²) in [6, 6.07) is 26.8. The lowest BCUT2D eigenvalue weighted by Crippen LogP contribution is -2.43. The summed E-state index contributed by atoms with van der Waals surface area (Å²) < 4.78 is 22.1. The van der Waals surface area contributed by atoms with Crippen molar-refractivity contribution in [2.24, 2.45) is 5.92 Å². The standard InChI is InChI=1S/C42H51N6O5PS/c1-28(2)24-43-40-45-38-37(39(49)46-40)44-27-48(38)36-23-34(47-54(50)52-26-41(55-54)21-9-6-10-22-41)35(53-36)25-51-42(31-11-7-5-8-12-31,32-17-13-29(3)14-18-32)33-19-15-30(4)16-20-33/h5,7-8,11-20,27-28,34-36H,6,9-10,21-26H2,1-4H3,(H,47,50)(H2,43,45,46,49)/t34-,35+,36+,54?/m0/s1. The quantitative estimate of drug-likeness (QED) is 0.0859. The lowest BCUT2D eigenvalue weighted by atomic mass is 9.79. The number of aromatic nitrogens is 4. The molecular formula is C42H51N6O5PS. The van der Waals surface area contributed by atoms with Crippen molar-refractivity contribution in [3.8, 4) is 0 Å². The van der Waals surface area contributed by atoms with Crippen molar-refractivity contribution < 1.29 is 18.9 Å². The molecule has 2 aliphatic heterocycles. The molecule has 5 aromatic rings. The molecule has 11 nitrogen and oxygen atoms in total. The number of hydrogen-bond acceptors (Lipinski definition) is 10. The van der Waals surface area contributed by atoms with Crippen LogP contribution in [0.2, 0.25) is 0 Å². The van der Waals surface area contributed by atoms with Crippen molar-refractivity contribution in [2.75, 3.05) is 25.1 Å². The van der Waals surface area contributed by atoms with Crippen molar-refractivity contribution in [1.29, 1.82) is 0 Å². The Morgan fingerprint density at radius 2 is 1.65 bits per heavy atom. The van der Waals surface area contributed by atoms with E-state index in [1.165, 1.54) is 17.8 Å². The van der Waals surface area contributed by atoms with E-state index in [0.29, 0.717) is 37.1 Å². The van der Waals surface area contributed by atoms with Gasteiger partial charge < -0.3 is 19.7 Å². The fourth-order valence-electron chi connectivity index (χ4n) is 8.13. The number of nitrogens with one attached hydrogen (secondary N) is 3. The van der Waals surface area contributed by atoms with Crippen LogP contribution in [0.25, 0.3) is 11.2 Å². The van der Waals surface area contributed by atoms with E-state index in [4.69, 9.17) is 19.0 Å². The summed E-state index contributed by atoms with van der Waals surface area (Å²) in [5, 5.41) is 6.74. The first-order valence-corrected chi connectivity index (χ1v) is 22.5. The first-order valence-electron chi connectivity index (χ1n) is 19.5. The maximum atomic E-state index is 14.6. The third-order valence-corrected chi connectivity index (χ3v) is 15.9. The van der Waals surface area contributed by atoms with Crippen LogP contribution < -0.4 is 20.9 Å². The minimum atomic E-state index is -3.30. The summed E-state index contributed by atoms with van der Waals surface area (Å²) in [4.78, 5) is 39.8. The largest absolute Gasteiger partial charge is 0.632 e. The molecule has 3 N–H and O–H groups in total. The molecule has 1 aliphatic carbocycles. The minimum Gasteiger partial charge on any atom is -0.632 e. The molecule has 13 heteroatoms. The molecule has 1 unspecified atom stereocenters. The molecule has 1 spiro atoms. The second-order valence-electron chi connectivity index (χ2n) is 15.8. The highest BCUT2D eigenvalue weighted by Crippen LogP contribution is 2.73. The average molecular weight is 783 g/mol. The van der Waals surface area contributed by atoms with E-state index in [9.17, 15) is 9.69 Å². The van der Waals surface area contributed by atoms with Crippen LogP contribution in [-0.2, 0) is 19.6 Å². The molecule has 2 saturated heterocycles. The highest BCUT2D eigenvalue weighted by atomic mass is 32.7. The summed E-state index contributed by atoms with van der Waals surface area (Å²) in [5.41, 5.74) is 4.58. The third-order valence-electron chi connectivity index (χ3n) is 11.1. The zero-order valence-corrected chi connectivity index (χ0v) is 33.7. The number of aromatic amines is 1. The van der Waals surface area contributed by atoms with Crippen LogP contribution >= 0.6 is 18.5 Å². The molecule has 3 aromatic carbocycles. The van der Waals surface area contributed by atoms with Crippen LogP contribution in [0, 0.1) is 19.8 Å². The highest BCUT2D eigenvalue weighted by molar-refractivity contribution is 8.59. The summed E-state index contributed by atoms with van der Waals surface area (Å²) in [7, 11) is -3.30. The highest BCUT2D eigenvalue weighted by Gasteiger charge is 2.56. The van der Waals surface area contributed by atoms with Crippen LogP contribution in [0.5, 0.6) is 0 Å². The molecule has 0 bridgehead atoms. The van der Waals surface area contributed by atoms with Gasteiger partial charge in [-0.25, -0.2) is 9.51 Å². The Morgan fingerprint density at radius 3 is 2.31 bits per heavy atom. The molecule has 0 amide bonds. The van der Waals surface area contributed by atoms with Crippen LogP contribution in [-0.4, -0.2) is 56.2 Å². The van der Waals surface area contributed by atoms with Gasteiger partial charge in [-0.2, -0.15) is 10.1 Å². The lowest BCUT2D eigenvalue weighted by Gasteiger charge is -2.37. The molecule has 290 valence electrons. The average Bonchev–Trinajstić information content (AvgIpc) is 3.88. The Bertz CT molecular complexity index is 2090. The predicted octanol–water partition coefficient (Wildman–Crippen LogP) is 7.56. The number of anilines is 1. The summed E-state index contributed by atoms with van der Waals surface area (Å²) in [5.74, 6) is 0.730. The number of rotatable bonds is 12. The van der Waals surface area contributed by atoms with Crippen molar-refractivity contribution in [3.05, 3.63) is 123 Å². The van der Waals surface area contributed by atoms with E-state index in [0.717, 1.165) is 53.5 Å². The summed E-state index contributed by atoms with van der Waals surface area (Å²) in [6.07, 6.45) is 6.35. The molecule has 2 aromatic heterocycles. The Morgan fingerprint density at radius 1 is 1.00 bits per heavy atom. The zero-order valence-electron chi connectivity index (χ0n) is 32.0. The Balaban J connectivity index is 1.16. The number of aryl methyl sites for hydroxylation is 2. The minimum absolute atomic E-state index is 0.129. The van der Waals surface area contributed by atoms with Gasteiger partial charge in [0.05, 0.1) is 35.1 Å². The Hall–Kier alpha value is -3.61. The van der Waals surface area contributed by atoms with Crippen LogP contribution in [0.3, 0.4) is 0 Å². The van der Waals surface area contributed by atoms with E-state index in [2.05, 4.69) is 109 Å². The summed E-state index contributed by atoms with van der Waals surface area (Å²) >= 11 is 1.50. The molecular weight excluding hydrogens is 732 g/mol. The number of fused-ring (bicyclic) bond motifs is 1. The van der Waals surface area contributed by atoms with E-state index in [1.807, 2.05) is 22.8 Å². The van der Waals surface area contributed by atoms with Gasteiger partial charge in [-0.15, -0.1) is 0 Å². The molecule has 8 rings (SSSR count). The van der Waals surface area contributed by atoms with Crippen molar-refractivity contribution in [3.63, 3.8) is 0 Å². The van der Waals surface area contributed by atoms with Gasteiger partial charge in [0, 0.05) is 13.0 Å². The normalized spacial score (nSPS) is 23.9. The SMILES string of the molecule is Cc1ccc(C(OC[C@H]2O[C@@H](n3cnc4c(=O)[nH]c(NCC(C)C)nc43)C[C@@H]2N[P+]2([O-])OCC3(CCCCC3)S2)(c2ccccc2)c2ccc(C)cc2)cc1. The van der Waals surface area contributed by atoms with Gasteiger partial charge in [0.1, 0.15) is 24.5 Å². The zero-order chi connectivity index (χ0) is 38.2. The van der Waals surface area contributed by atoms with Gasteiger partial charge in [0.15, 0.2) is 11.2 Å². The van der Waals surface area contributed by atoms with Crippen LogP contribution in [0.15, 0.2) is 90.0 Å². The van der Waals surface area contributed by atoms with Crippen molar-refractivity contribution in [2.45, 2.75) is 94.9 Å².